The minimum Gasteiger partial charge on any atom is -0.376 e. The van der Waals surface area contributed by atoms with Crippen molar-refractivity contribution in [3.8, 4) is 0 Å². The third kappa shape index (κ3) is 1.47. The van der Waals surface area contributed by atoms with Crippen LogP contribution in [0.1, 0.15) is 53.9 Å². The topological polar surface area (TPSA) is 12.5 Å². The Morgan fingerprint density at radius 2 is 1.79 bits per heavy atom. The monoisotopic (exact) mass is 263 g/mol. The van der Waals surface area contributed by atoms with Gasteiger partial charge in [-0.05, 0) is 41.6 Å². The summed E-state index contributed by atoms with van der Waals surface area (Å²) in [6.07, 6.45) is 3.80. The molecule has 1 saturated heterocycles. The van der Waals surface area contributed by atoms with E-state index in [1.54, 1.807) is 11.3 Å². The number of nitrogens with zero attached hydrogens (tertiary/aromatic N) is 1. The molecule has 3 aliphatic rings. The predicted octanol–water partition coefficient (Wildman–Crippen LogP) is 3.83. The molecule has 1 fully saturated rings. The second-order valence-electron chi connectivity index (χ2n) is 8.08. The van der Waals surface area contributed by atoms with Crippen LogP contribution in [0.5, 0.6) is 0 Å². The Balaban J connectivity index is 2.01. The van der Waals surface area contributed by atoms with Crippen molar-refractivity contribution in [3.05, 3.63) is 11.3 Å². The molecule has 0 aromatic rings. The number of likely N-dealkylation sites (N-methyl/N-ethyl adjacent to an activating group) is 1. The van der Waals surface area contributed by atoms with Gasteiger partial charge in [-0.1, -0.05) is 34.6 Å². The lowest BCUT2D eigenvalue weighted by atomic mass is 9.52. The molecule has 2 heterocycles. The quantitative estimate of drug-likeness (QED) is 0.713. The zero-order valence-corrected chi connectivity index (χ0v) is 13.5. The lowest BCUT2D eigenvalue weighted by Gasteiger charge is -2.52. The van der Waals surface area contributed by atoms with E-state index in [0.29, 0.717) is 16.4 Å². The molecule has 2 aliphatic heterocycles. The van der Waals surface area contributed by atoms with E-state index in [0.717, 1.165) is 19.1 Å². The van der Waals surface area contributed by atoms with Crippen LogP contribution in [0.4, 0.5) is 0 Å². The highest BCUT2D eigenvalue weighted by molar-refractivity contribution is 5.36. The molecule has 1 aliphatic carbocycles. The summed E-state index contributed by atoms with van der Waals surface area (Å²) in [5.41, 5.74) is 4.39. The Hall–Kier alpha value is -0.500. The van der Waals surface area contributed by atoms with Crippen LogP contribution in [0.2, 0.25) is 0 Å². The van der Waals surface area contributed by atoms with E-state index in [1.807, 2.05) is 0 Å². The number of hydrogen-bond acceptors (Lipinski definition) is 2. The average Bonchev–Trinajstić information content (AvgIpc) is 2.58. The highest BCUT2D eigenvalue weighted by Crippen LogP contribution is 2.62. The van der Waals surface area contributed by atoms with Gasteiger partial charge in [-0.15, -0.1) is 0 Å². The van der Waals surface area contributed by atoms with Crippen molar-refractivity contribution in [1.29, 1.82) is 0 Å². The highest BCUT2D eigenvalue weighted by atomic mass is 16.5. The van der Waals surface area contributed by atoms with Gasteiger partial charge in [-0.25, -0.2) is 0 Å². The molecule has 0 amide bonds. The summed E-state index contributed by atoms with van der Waals surface area (Å²) in [5, 5.41) is 0. The van der Waals surface area contributed by atoms with Gasteiger partial charge in [0.15, 0.2) is 0 Å². The number of ether oxygens (including phenoxy) is 1. The Kier molecular flexibility index (Phi) is 2.68. The van der Waals surface area contributed by atoms with Gasteiger partial charge in [0.1, 0.15) is 0 Å². The molecule has 1 unspecified atom stereocenters. The molecular formula is C17H29NO. The fraction of sp³-hybridized carbons (Fsp3) is 0.882. The SMILES string of the molecule is CC(C)C1(C)CCC2=C(CC3(COC3)N2C)C1(C)C. The number of hydrogen-bond donors (Lipinski definition) is 0. The van der Waals surface area contributed by atoms with E-state index in [1.165, 1.54) is 19.3 Å². The molecule has 0 bridgehead atoms. The fourth-order valence-corrected chi connectivity index (χ4v) is 4.62. The fourth-order valence-electron chi connectivity index (χ4n) is 4.62. The normalized spacial score (nSPS) is 35.8. The van der Waals surface area contributed by atoms with Crippen LogP contribution < -0.4 is 0 Å². The first kappa shape index (κ1) is 13.5. The minimum absolute atomic E-state index is 0.308. The van der Waals surface area contributed by atoms with Crippen molar-refractivity contribution in [2.45, 2.75) is 59.4 Å². The zero-order chi connectivity index (χ0) is 14.1. The van der Waals surface area contributed by atoms with Crippen molar-refractivity contribution in [3.63, 3.8) is 0 Å². The molecule has 1 spiro atoms. The first-order valence-corrected chi connectivity index (χ1v) is 7.79. The first-order valence-electron chi connectivity index (χ1n) is 7.79. The van der Waals surface area contributed by atoms with Gasteiger partial charge in [0.2, 0.25) is 0 Å². The third-order valence-electron chi connectivity index (χ3n) is 7.05. The second kappa shape index (κ2) is 3.78. The van der Waals surface area contributed by atoms with Crippen molar-refractivity contribution < 1.29 is 4.74 Å². The molecule has 0 saturated carbocycles. The van der Waals surface area contributed by atoms with Crippen LogP contribution >= 0.6 is 0 Å². The van der Waals surface area contributed by atoms with Gasteiger partial charge in [-0.3, -0.25) is 0 Å². The van der Waals surface area contributed by atoms with Crippen molar-refractivity contribution in [2.75, 3.05) is 20.3 Å². The Morgan fingerprint density at radius 1 is 1.16 bits per heavy atom. The lowest BCUT2D eigenvalue weighted by Crippen LogP contribution is -2.57. The molecule has 0 aromatic carbocycles. The second-order valence-corrected chi connectivity index (χ2v) is 8.08. The number of allylic oxidation sites excluding steroid dienone is 1. The van der Waals surface area contributed by atoms with Crippen molar-refractivity contribution in [2.24, 2.45) is 16.7 Å². The molecule has 1 atom stereocenters. The summed E-state index contributed by atoms with van der Waals surface area (Å²) in [5.74, 6) is 0.732. The smallest absolute Gasteiger partial charge is 0.0899 e. The molecule has 2 heteroatoms. The van der Waals surface area contributed by atoms with Gasteiger partial charge in [-0.2, -0.15) is 0 Å². The summed E-state index contributed by atoms with van der Waals surface area (Å²) < 4.78 is 5.54. The lowest BCUT2D eigenvalue weighted by molar-refractivity contribution is -0.113. The molecule has 19 heavy (non-hydrogen) atoms. The summed E-state index contributed by atoms with van der Waals surface area (Å²) >= 11 is 0. The van der Waals surface area contributed by atoms with E-state index >= 15 is 0 Å². The summed E-state index contributed by atoms with van der Waals surface area (Å²) in [4.78, 5) is 2.56. The molecular weight excluding hydrogens is 234 g/mol. The van der Waals surface area contributed by atoms with Crippen LogP contribution in [-0.4, -0.2) is 30.7 Å². The largest absolute Gasteiger partial charge is 0.376 e. The average molecular weight is 263 g/mol. The molecule has 0 N–H and O–H groups in total. The van der Waals surface area contributed by atoms with Crippen molar-refractivity contribution in [1.82, 2.24) is 4.90 Å². The van der Waals surface area contributed by atoms with Crippen molar-refractivity contribution >= 4 is 0 Å². The van der Waals surface area contributed by atoms with Gasteiger partial charge >= 0.3 is 0 Å². The summed E-state index contributed by atoms with van der Waals surface area (Å²) in [7, 11) is 2.29. The maximum atomic E-state index is 5.54. The third-order valence-corrected chi connectivity index (χ3v) is 7.05. The van der Waals surface area contributed by atoms with E-state index in [9.17, 15) is 0 Å². The minimum atomic E-state index is 0.308. The van der Waals surface area contributed by atoms with E-state index < -0.39 is 0 Å². The van der Waals surface area contributed by atoms with Crippen LogP contribution in [0.3, 0.4) is 0 Å². The van der Waals surface area contributed by atoms with Crippen LogP contribution in [-0.2, 0) is 4.74 Å². The van der Waals surface area contributed by atoms with Crippen LogP contribution in [0.15, 0.2) is 11.3 Å². The zero-order valence-electron chi connectivity index (χ0n) is 13.5. The Labute approximate surface area is 118 Å². The maximum Gasteiger partial charge on any atom is 0.0899 e. The van der Waals surface area contributed by atoms with E-state index in [4.69, 9.17) is 4.74 Å². The van der Waals surface area contributed by atoms with Crippen LogP contribution in [0, 0.1) is 16.7 Å². The molecule has 2 nitrogen and oxygen atoms in total. The van der Waals surface area contributed by atoms with E-state index in [2.05, 4.69) is 46.6 Å². The number of rotatable bonds is 1. The van der Waals surface area contributed by atoms with Gasteiger partial charge in [0.25, 0.3) is 0 Å². The van der Waals surface area contributed by atoms with E-state index in [-0.39, 0.29) is 0 Å². The predicted molar refractivity (Wildman–Crippen MR) is 78.9 cm³/mol. The maximum absolute atomic E-state index is 5.54. The van der Waals surface area contributed by atoms with Gasteiger partial charge < -0.3 is 9.64 Å². The Bertz CT molecular complexity index is 431. The highest BCUT2D eigenvalue weighted by Gasteiger charge is 2.57. The molecule has 0 aromatic heterocycles. The molecule has 0 radical (unpaired) electrons. The first-order chi connectivity index (χ1) is 8.75. The Morgan fingerprint density at radius 3 is 2.26 bits per heavy atom. The van der Waals surface area contributed by atoms with Gasteiger partial charge in [0.05, 0.1) is 18.8 Å². The summed E-state index contributed by atoms with van der Waals surface area (Å²) in [6, 6.07) is 0. The molecule has 108 valence electrons. The standard InChI is InChI=1S/C17H29NO/c1-12(2)16(5)8-7-14-13(15(16,3)4)9-17(18(14)6)10-19-11-17/h12H,7-11H2,1-6H3. The molecule has 3 rings (SSSR count). The summed E-state index contributed by atoms with van der Waals surface area (Å²) in [6.45, 7) is 14.1. The van der Waals surface area contributed by atoms with Gasteiger partial charge in [0, 0.05) is 12.7 Å². The van der Waals surface area contributed by atoms with Crippen LogP contribution in [0.25, 0.3) is 0 Å².